The smallest absolute Gasteiger partial charge is 0.331 e. The van der Waals surface area contributed by atoms with Gasteiger partial charge in [-0.1, -0.05) is 31.4 Å². The van der Waals surface area contributed by atoms with Crippen molar-refractivity contribution >= 4 is 23.7 Å². The number of carbonyl (C=O) groups excluding carboxylic acids is 2. The highest BCUT2D eigenvalue weighted by Crippen LogP contribution is 2.64. The summed E-state index contributed by atoms with van der Waals surface area (Å²) in [6, 6.07) is 3.96. The van der Waals surface area contributed by atoms with Crippen molar-refractivity contribution in [2.24, 2.45) is 0 Å². The molecule has 318 valence electrons. The summed E-state index contributed by atoms with van der Waals surface area (Å²) in [4.78, 5) is 32.4. The number of rotatable bonds is 9. The molecule has 2 saturated heterocycles. The Kier molecular flexibility index (Phi) is 10.5. The maximum Gasteiger partial charge on any atom is 0.331 e. The van der Waals surface area contributed by atoms with E-state index in [1.54, 1.807) is 38.1 Å². The molecular formula is C45H51N3O11S. The highest BCUT2D eigenvalue weighted by atomic mass is 32.2. The minimum atomic E-state index is -1.32. The van der Waals surface area contributed by atoms with Gasteiger partial charge in [0.1, 0.15) is 31.8 Å². The molecule has 0 amide bonds. The van der Waals surface area contributed by atoms with Gasteiger partial charge in [0.05, 0.1) is 37.6 Å². The summed E-state index contributed by atoms with van der Waals surface area (Å²) < 4.78 is 49.5. The number of esters is 2. The molecule has 0 saturated carbocycles. The number of hydrogen-bond donors (Lipinski definition) is 2. The van der Waals surface area contributed by atoms with Crippen molar-refractivity contribution in [3.63, 3.8) is 0 Å². The van der Waals surface area contributed by atoms with Crippen molar-refractivity contribution in [1.82, 2.24) is 15.1 Å². The third-order valence-electron chi connectivity index (χ3n) is 12.9. The van der Waals surface area contributed by atoms with Crippen LogP contribution in [0.3, 0.4) is 0 Å². The predicted molar refractivity (Wildman–Crippen MR) is 223 cm³/mol. The quantitative estimate of drug-likeness (QED) is 0.167. The molecule has 2 N–H and O–H groups in total. The van der Waals surface area contributed by atoms with E-state index in [9.17, 15) is 14.7 Å². The summed E-state index contributed by atoms with van der Waals surface area (Å²) in [5, 5.41) is 15.8. The van der Waals surface area contributed by atoms with Gasteiger partial charge in [0.25, 0.3) is 0 Å². The molecule has 60 heavy (non-hydrogen) atoms. The average Bonchev–Trinajstić information content (AvgIpc) is 3.73. The number of methoxy groups -OCH3 is 2. The first kappa shape index (κ1) is 40.5. The Morgan fingerprint density at radius 1 is 0.983 bits per heavy atom. The predicted octanol–water partition coefficient (Wildman–Crippen LogP) is 5.13. The third-order valence-corrected chi connectivity index (χ3v) is 14.4. The summed E-state index contributed by atoms with van der Waals surface area (Å²) in [7, 11) is 5.25. The number of likely N-dealkylation sites (N-methyl/N-ethyl adjacent to an activating group) is 1. The van der Waals surface area contributed by atoms with Gasteiger partial charge in [0.2, 0.25) is 6.79 Å². The van der Waals surface area contributed by atoms with Crippen molar-refractivity contribution in [1.29, 1.82) is 0 Å². The normalized spacial score (nSPS) is 27.4. The van der Waals surface area contributed by atoms with Crippen molar-refractivity contribution in [2.75, 3.05) is 60.2 Å². The lowest BCUT2D eigenvalue weighted by molar-refractivity contribution is -0.186. The van der Waals surface area contributed by atoms with Gasteiger partial charge in [-0.05, 0) is 68.1 Å². The van der Waals surface area contributed by atoms with Crippen LogP contribution in [0.1, 0.15) is 68.8 Å². The lowest BCUT2D eigenvalue weighted by atomic mass is 9.73. The number of nitrogens with one attached hydrogen (secondary N) is 1. The number of aliphatic hydroxyl groups is 1. The maximum atomic E-state index is 15.0. The zero-order valence-electron chi connectivity index (χ0n) is 34.8. The zero-order valence-corrected chi connectivity index (χ0v) is 35.6. The summed E-state index contributed by atoms with van der Waals surface area (Å²) in [6.45, 7) is 13.8. The van der Waals surface area contributed by atoms with E-state index in [1.165, 1.54) is 6.92 Å². The van der Waals surface area contributed by atoms with Crippen molar-refractivity contribution in [3.05, 3.63) is 88.0 Å². The van der Waals surface area contributed by atoms with Crippen molar-refractivity contribution in [3.8, 4) is 40.2 Å². The first-order valence-corrected chi connectivity index (χ1v) is 21.3. The van der Waals surface area contributed by atoms with Crippen LogP contribution in [-0.4, -0.2) is 105 Å². The first-order chi connectivity index (χ1) is 29.0. The maximum absolute atomic E-state index is 15.0. The number of benzene rings is 3. The van der Waals surface area contributed by atoms with E-state index in [4.69, 9.17) is 37.9 Å². The molecule has 7 heterocycles. The average molecular weight is 842 g/mol. The second-order valence-corrected chi connectivity index (χ2v) is 17.2. The third kappa shape index (κ3) is 5.98. The van der Waals surface area contributed by atoms with Crippen LogP contribution in [0.2, 0.25) is 0 Å². The monoisotopic (exact) mass is 841 g/mol. The van der Waals surface area contributed by atoms with Crippen LogP contribution in [0.5, 0.6) is 40.2 Å². The second kappa shape index (κ2) is 15.5. The molecule has 7 aliphatic heterocycles. The van der Waals surface area contributed by atoms with Crippen LogP contribution >= 0.6 is 11.8 Å². The number of nitrogens with zero attached hydrogens (tertiary/aromatic N) is 2. The molecule has 1 spiro atoms. The number of thioether (sulfide) groups is 1. The fraction of sp³-hybridized carbons (Fsp3) is 0.467. The van der Waals surface area contributed by atoms with E-state index < -0.39 is 41.0 Å². The molecule has 1 unspecified atom stereocenters. The molecular weight excluding hydrogens is 791 g/mol. The molecule has 0 radical (unpaired) electrons. The van der Waals surface area contributed by atoms with Gasteiger partial charge in [-0.2, -0.15) is 0 Å². The molecule has 14 nitrogen and oxygen atoms in total. The van der Waals surface area contributed by atoms with Crippen LogP contribution < -0.4 is 38.5 Å². The van der Waals surface area contributed by atoms with E-state index in [1.807, 2.05) is 33.0 Å². The number of aryl methyl sites for hydroxylation is 1. The Labute approximate surface area is 353 Å². The summed E-state index contributed by atoms with van der Waals surface area (Å²) in [5.41, 5.74) is 5.27. The van der Waals surface area contributed by atoms with Crippen LogP contribution in [0, 0.1) is 13.8 Å². The number of piperazine rings is 1. The Morgan fingerprint density at radius 3 is 2.48 bits per heavy atom. The molecule has 0 aromatic heterocycles. The fourth-order valence-electron chi connectivity index (χ4n) is 10.5. The van der Waals surface area contributed by atoms with Crippen molar-refractivity contribution in [2.45, 2.75) is 74.8 Å². The van der Waals surface area contributed by atoms with Crippen LogP contribution in [0.15, 0.2) is 43.5 Å². The molecule has 2 fully saturated rings. The van der Waals surface area contributed by atoms with Crippen molar-refractivity contribution < 1.29 is 52.6 Å². The molecule has 3 aromatic rings. The van der Waals surface area contributed by atoms with Gasteiger partial charge in [-0.15, -0.1) is 11.8 Å². The summed E-state index contributed by atoms with van der Waals surface area (Å²) in [5.74, 6) is 2.82. The minimum Gasteiger partial charge on any atom is -0.493 e. The molecule has 7 aliphatic rings. The summed E-state index contributed by atoms with van der Waals surface area (Å²) in [6.07, 6.45) is 3.53. The number of hydrogen-bond acceptors (Lipinski definition) is 15. The Bertz CT molecular complexity index is 2300. The van der Waals surface area contributed by atoms with E-state index >= 15 is 0 Å². The lowest BCUT2D eigenvalue weighted by Crippen LogP contribution is -2.70. The lowest BCUT2D eigenvalue weighted by Gasteiger charge is -2.62. The fourth-order valence-corrected chi connectivity index (χ4v) is 12.2. The van der Waals surface area contributed by atoms with Crippen LogP contribution in [0.25, 0.3) is 0 Å². The SMILES string of the molecule is C=CCOc1cc2c(cc1OC)[C@@]1(CS[C@@H]3c4c(OC(C)=O)c(C)c5c(c4[C@@H](COC1=O)N1C3[C@H]3c4c(cc(C)c(OC)c4OCC=C)C[C@H]([C@@H]1O)N3C)OCO5)NCC2. The molecule has 0 aliphatic carbocycles. The highest BCUT2D eigenvalue weighted by molar-refractivity contribution is 7.99. The van der Waals surface area contributed by atoms with E-state index in [0.717, 1.165) is 33.4 Å². The van der Waals surface area contributed by atoms with Gasteiger partial charge in [-0.3, -0.25) is 19.9 Å². The zero-order chi connectivity index (χ0) is 42.2. The van der Waals surface area contributed by atoms with Gasteiger partial charge >= 0.3 is 11.9 Å². The van der Waals surface area contributed by atoms with E-state index in [0.29, 0.717) is 70.8 Å². The molecule has 7 atom stereocenters. The van der Waals surface area contributed by atoms with Gasteiger partial charge in [0, 0.05) is 47.5 Å². The standard InChI is InChI=1S/C45H51N3O11S/c1-9-13-54-31-17-25-11-12-46-45(27(25)18-30(31)52-7)20-60-42-34-33(41-39(57-21-58-41)23(4)38(34)59-24(5)49)29(19-56-44(45)51)48-36(42)35-32-26(16-28(43(48)50)47(35)6)15-22(3)37(53-8)40(32)55-14-10-2/h9-10,15,17-18,28-29,35-36,42-43,46,50H,1-2,11-14,16,19-21H2,3-8H3/t28-,29-,35-,36?,42-,43+,45-/m1/s1. The Balaban J connectivity index is 1.30. The number of carbonyl (C=O) groups is 2. The summed E-state index contributed by atoms with van der Waals surface area (Å²) >= 11 is 1.54. The van der Waals surface area contributed by atoms with Crippen LogP contribution in [0.4, 0.5) is 0 Å². The second-order valence-electron chi connectivity index (χ2n) is 16.1. The molecule has 3 aromatic carbocycles. The number of aliphatic hydroxyl groups excluding tert-OH is 1. The first-order valence-electron chi connectivity index (χ1n) is 20.2. The largest absolute Gasteiger partial charge is 0.493 e. The van der Waals surface area contributed by atoms with E-state index in [-0.39, 0.29) is 44.5 Å². The molecule has 4 bridgehead atoms. The number of fused-ring (bicyclic) bond motifs is 9. The van der Waals surface area contributed by atoms with E-state index in [2.05, 4.69) is 34.3 Å². The highest BCUT2D eigenvalue weighted by Gasteiger charge is 2.61. The topological polar surface area (TPSA) is 147 Å². The number of ether oxygens (including phenoxy) is 8. The van der Waals surface area contributed by atoms with Gasteiger partial charge in [0.15, 0.2) is 40.0 Å². The minimum absolute atomic E-state index is 0.0445. The Morgan fingerprint density at radius 2 is 1.75 bits per heavy atom. The molecule has 10 rings (SSSR count). The Hall–Kier alpha value is -4.93. The van der Waals surface area contributed by atoms with Crippen LogP contribution in [-0.2, 0) is 32.7 Å². The molecule has 15 heteroatoms. The van der Waals surface area contributed by atoms with Gasteiger partial charge < -0.3 is 43.0 Å². The van der Waals surface area contributed by atoms with Gasteiger partial charge in [-0.25, -0.2) is 4.79 Å².